The van der Waals surface area contributed by atoms with Gasteiger partial charge in [-0.3, -0.25) is 9.97 Å². The first-order chi connectivity index (χ1) is 16.1. The van der Waals surface area contributed by atoms with Gasteiger partial charge in [-0.1, -0.05) is 66.7 Å². The Bertz CT molecular complexity index is 1280. The van der Waals surface area contributed by atoms with Crippen LogP contribution in [0.1, 0.15) is 21.9 Å². The molecule has 4 rings (SSSR count). The van der Waals surface area contributed by atoms with Gasteiger partial charge in [0.2, 0.25) is 10.0 Å². The van der Waals surface area contributed by atoms with Gasteiger partial charge in [-0.05, 0) is 46.0 Å². The van der Waals surface area contributed by atoms with Crippen LogP contribution in [0.5, 0.6) is 0 Å². The smallest absolute Gasteiger partial charge is 0.225 e. The highest BCUT2D eigenvalue weighted by Gasteiger charge is 2.31. The summed E-state index contributed by atoms with van der Waals surface area (Å²) in [6, 6.07) is 25.0. The average molecular weight is 456 g/mol. The van der Waals surface area contributed by atoms with E-state index in [1.165, 1.54) is 10.4 Å². The fraction of sp³-hybridized carbons (Fsp3) is 0.111. The minimum absolute atomic E-state index is 0.248. The van der Waals surface area contributed by atoms with Gasteiger partial charge < -0.3 is 0 Å². The number of nitrogens with zero attached hydrogens (tertiary/aromatic N) is 3. The largest absolute Gasteiger partial charge is 0.265 e. The fourth-order valence-corrected chi connectivity index (χ4v) is 5.41. The van der Waals surface area contributed by atoms with E-state index in [1.54, 1.807) is 36.9 Å². The Morgan fingerprint density at radius 3 is 2.00 bits per heavy atom. The second-order valence-electron chi connectivity index (χ2n) is 7.67. The lowest BCUT2D eigenvalue weighted by Gasteiger charge is -2.26. The Hall–Kier alpha value is -3.61. The van der Waals surface area contributed by atoms with Crippen molar-refractivity contribution in [1.82, 2.24) is 14.3 Å². The van der Waals surface area contributed by atoms with Gasteiger partial charge in [-0.25, -0.2) is 8.42 Å². The van der Waals surface area contributed by atoms with Crippen molar-refractivity contribution in [1.29, 1.82) is 0 Å². The molecular formula is C27H25N3O2S. The number of sulfonamides is 1. The molecule has 0 N–H and O–H groups in total. The first-order valence-corrected chi connectivity index (χ1v) is 12.1. The van der Waals surface area contributed by atoms with Crippen molar-refractivity contribution in [2.75, 3.05) is 0 Å². The van der Waals surface area contributed by atoms with Crippen molar-refractivity contribution in [2.45, 2.75) is 18.3 Å². The van der Waals surface area contributed by atoms with Gasteiger partial charge in [-0.2, -0.15) is 4.31 Å². The molecule has 0 aliphatic heterocycles. The first kappa shape index (κ1) is 22.6. The lowest BCUT2D eigenvalue weighted by Crippen LogP contribution is -2.33. The van der Waals surface area contributed by atoms with Crippen molar-refractivity contribution in [3.8, 4) is 11.1 Å². The molecule has 6 heteroatoms. The molecule has 1 unspecified atom stereocenters. The molecule has 4 aromatic rings. The van der Waals surface area contributed by atoms with E-state index in [-0.39, 0.29) is 13.1 Å². The monoisotopic (exact) mass is 455 g/mol. The number of hydrogen-bond donors (Lipinski definition) is 0. The molecule has 0 saturated carbocycles. The van der Waals surface area contributed by atoms with Crippen LogP contribution in [0.4, 0.5) is 0 Å². The van der Waals surface area contributed by atoms with Gasteiger partial charge in [0.25, 0.3) is 0 Å². The minimum atomic E-state index is -3.76. The molecule has 166 valence electrons. The highest BCUT2D eigenvalue weighted by atomic mass is 32.2. The van der Waals surface area contributed by atoms with E-state index in [4.69, 9.17) is 0 Å². The number of benzene rings is 2. The Morgan fingerprint density at radius 2 is 1.39 bits per heavy atom. The predicted octanol–water partition coefficient (Wildman–Crippen LogP) is 5.40. The molecule has 2 aromatic carbocycles. The second kappa shape index (κ2) is 10.3. The third-order valence-electron chi connectivity index (χ3n) is 5.44. The number of rotatable bonds is 9. The molecule has 33 heavy (non-hydrogen) atoms. The maximum Gasteiger partial charge on any atom is 0.225 e. The van der Waals surface area contributed by atoms with Crippen molar-refractivity contribution in [2.24, 2.45) is 0 Å². The van der Waals surface area contributed by atoms with E-state index in [1.807, 2.05) is 66.7 Å². The molecule has 0 aliphatic rings. The molecule has 0 fully saturated rings. The maximum absolute atomic E-state index is 13.8. The standard InChI is InChI=1S/C27H25N3O2S/c1-2-27(26-9-6-16-29-19-26)33(31,32)30(20-22-7-4-3-5-8-22)21-23-10-12-24(13-11-23)25-14-17-28-18-15-25/h2-19,27H,1,20-21H2. The van der Waals surface area contributed by atoms with Crippen LogP contribution in [0, 0.1) is 0 Å². The second-order valence-corrected chi connectivity index (χ2v) is 9.73. The first-order valence-electron chi connectivity index (χ1n) is 10.6. The summed E-state index contributed by atoms with van der Waals surface area (Å²) in [5, 5.41) is -0.883. The maximum atomic E-state index is 13.8. The summed E-state index contributed by atoms with van der Waals surface area (Å²) in [6.07, 6.45) is 8.18. The summed E-state index contributed by atoms with van der Waals surface area (Å²) in [5.41, 5.74) is 4.54. The van der Waals surface area contributed by atoms with Crippen molar-refractivity contribution in [3.05, 3.63) is 133 Å². The van der Waals surface area contributed by atoms with Gasteiger partial charge in [0.1, 0.15) is 5.25 Å². The van der Waals surface area contributed by atoms with Crippen LogP contribution >= 0.6 is 0 Å². The zero-order chi connectivity index (χ0) is 23.1. The van der Waals surface area contributed by atoms with E-state index in [0.29, 0.717) is 5.56 Å². The van der Waals surface area contributed by atoms with Gasteiger partial charge >= 0.3 is 0 Å². The van der Waals surface area contributed by atoms with E-state index in [2.05, 4.69) is 16.5 Å². The molecular weight excluding hydrogens is 430 g/mol. The summed E-state index contributed by atoms with van der Waals surface area (Å²) in [5.74, 6) is 0. The molecule has 1 atom stereocenters. The molecule has 0 radical (unpaired) electrons. The fourth-order valence-electron chi connectivity index (χ4n) is 3.71. The van der Waals surface area contributed by atoms with Crippen LogP contribution in [-0.4, -0.2) is 22.7 Å². The lowest BCUT2D eigenvalue weighted by atomic mass is 10.1. The number of pyridine rings is 2. The SMILES string of the molecule is C=CC(c1cccnc1)S(=O)(=O)N(Cc1ccccc1)Cc1ccc(-c2ccncc2)cc1. The summed E-state index contributed by atoms with van der Waals surface area (Å²) in [6.45, 7) is 4.32. The van der Waals surface area contributed by atoms with Crippen LogP contribution in [0.15, 0.2) is 116 Å². The Kier molecular flexibility index (Phi) is 7.07. The Morgan fingerprint density at radius 1 is 0.758 bits per heavy atom. The number of aromatic nitrogens is 2. The summed E-state index contributed by atoms with van der Waals surface area (Å²) in [7, 11) is -3.76. The third kappa shape index (κ3) is 5.42. The van der Waals surface area contributed by atoms with Gasteiger partial charge in [-0.15, -0.1) is 6.58 Å². The summed E-state index contributed by atoms with van der Waals surface area (Å²) in [4.78, 5) is 8.16. The van der Waals surface area contributed by atoms with Crippen molar-refractivity contribution < 1.29 is 8.42 Å². The summed E-state index contributed by atoms with van der Waals surface area (Å²) < 4.78 is 29.1. The number of hydrogen-bond acceptors (Lipinski definition) is 4. The third-order valence-corrected chi connectivity index (χ3v) is 7.52. The van der Waals surface area contributed by atoms with Crippen LogP contribution in [-0.2, 0) is 23.1 Å². The van der Waals surface area contributed by atoms with Gasteiger partial charge in [0.15, 0.2) is 0 Å². The van der Waals surface area contributed by atoms with Crippen LogP contribution in [0.25, 0.3) is 11.1 Å². The van der Waals surface area contributed by atoms with E-state index >= 15 is 0 Å². The molecule has 0 amide bonds. The highest BCUT2D eigenvalue weighted by molar-refractivity contribution is 7.89. The average Bonchev–Trinajstić information content (AvgIpc) is 2.86. The topological polar surface area (TPSA) is 63.2 Å². The molecule has 0 spiro atoms. The Labute approximate surface area is 195 Å². The molecule has 2 aromatic heterocycles. The zero-order valence-corrected chi connectivity index (χ0v) is 19.0. The van der Waals surface area contributed by atoms with Crippen LogP contribution in [0.2, 0.25) is 0 Å². The molecule has 2 heterocycles. The van der Waals surface area contributed by atoms with E-state index in [9.17, 15) is 8.42 Å². The quantitative estimate of drug-likeness (QED) is 0.317. The lowest BCUT2D eigenvalue weighted by molar-refractivity contribution is 0.397. The van der Waals surface area contributed by atoms with E-state index < -0.39 is 15.3 Å². The van der Waals surface area contributed by atoms with Crippen molar-refractivity contribution in [3.63, 3.8) is 0 Å². The molecule has 0 bridgehead atoms. The predicted molar refractivity (Wildman–Crippen MR) is 131 cm³/mol. The van der Waals surface area contributed by atoms with Crippen LogP contribution in [0.3, 0.4) is 0 Å². The van der Waals surface area contributed by atoms with Gasteiger partial charge in [0.05, 0.1) is 0 Å². The van der Waals surface area contributed by atoms with Crippen molar-refractivity contribution >= 4 is 10.0 Å². The highest BCUT2D eigenvalue weighted by Crippen LogP contribution is 2.29. The Balaban J connectivity index is 1.65. The molecule has 0 saturated heterocycles. The summed E-state index contributed by atoms with van der Waals surface area (Å²) >= 11 is 0. The van der Waals surface area contributed by atoms with Crippen LogP contribution < -0.4 is 0 Å². The normalized spacial score (nSPS) is 12.4. The molecule has 5 nitrogen and oxygen atoms in total. The van der Waals surface area contributed by atoms with E-state index in [0.717, 1.165) is 22.3 Å². The van der Waals surface area contributed by atoms with Gasteiger partial charge in [0, 0.05) is 37.9 Å². The zero-order valence-electron chi connectivity index (χ0n) is 18.2. The minimum Gasteiger partial charge on any atom is -0.265 e. The molecule has 0 aliphatic carbocycles.